The van der Waals surface area contributed by atoms with E-state index in [1.165, 1.54) is 13.2 Å². The quantitative estimate of drug-likeness (QED) is 0.495. The lowest BCUT2D eigenvalue weighted by molar-refractivity contribution is 0.195. The molecule has 2 aromatic carbocycles. The van der Waals surface area contributed by atoms with Crippen molar-refractivity contribution in [2.24, 2.45) is 0 Å². The number of aryl methyl sites for hydroxylation is 1. The van der Waals surface area contributed by atoms with Gasteiger partial charge in [-0.15, -0.1) is 0 Å². The van der Waals surface area contributed by atoms with Crippen LogP contribution in [0, 0.1) is 24.1 Å². The zero-order valence-electron chi connectivity index (χ0n) is 16.3. The largest absolute Gasteiger partial charge is 0.494 e. The molecule has 148 valence electrons. The highest BCUT2D eigenvalue weighted by atomic mass is 19.1. The minimum absolute atomic E-state index is 0.0723. The third kappa shape index (κ3) is 3.25. The number of methoxy groups -OCH3 is 1. The Balaban J connectivity index is 2.00. The average molecular weight is 400 g/mol. The van der Waals surface area contributed by atoms with Crippen molar-refractivity contribution in [3.8, 4) is 45.9 Å². The van der Waals surface area contributed by atoms with E-state index in [0.29, 0.717) is 16.8 Å². The molecule has 2 heterocycles. The Morgan fingerprint density at radius 2 is 1.77 bits per heavy atom. The molecule has 7 heteroatoms. The molecule has 0 aliphatic heterocycles. The van der Waals surface area contributed by atoms with Crippen molar-refractivity contribution < 1.29 is 14.3 Å². The van der Waals surface area contributed by atoms with Gasteiger partial charge in [-0.2, -0.15) is 9.99 Å². The molecule has 0 unspecified atom stereocenters. The summed E-state index contributed by atoms with van der Waals surface area (Å²) >= 11 is 0. The fourth-order valence-electron chi connectivity index (χ4n) is 3.24. The highest BCUT2D eigenvalue weighted by Crippen LogP contribution is 2.37. The van der Waals surface area contributed by atoms with Gasteiger partial charge in [0.25, 0.3) is 0 Å². The number of halogens is 1. The number of nitriles is 1. The van der Waals surface area contributed by atoms with Crippen molar-refractivity contribution in [2.75, 3.05) is 7.11 Å². The van der Waals surface area contributed by atoms with E-state index < -0.39 is 5.82 Å². The Morgan fingerprint density at radius 1 is 1.03 bits per heavy atom. The Bertz CT molecular complexity index is 1270. The minimum Gasteiger partial charge on any atom is -0.494 e. The van der Waals surface area contributed by atoms with E-state index in [2.05, 4.69) is 16.0 Å². The fraction of sp³-hybridized carbons (Fsp3) is 0.0870. The second-order valence-electron chi connectivity index (χ2n) is 6.62. The summed E-state index contributed by atoms with van der Waals surface area (Å²) in [5.41, 5.74) is 2.90. The van der Waals surface area contributed by atoms with Crippen molar-refractivity contribution in [3.05, 3.63) is 77.7 Å². The molecule has 0 amide bonds. The SMILES string of the molecule is COc1cccc(-c2nc(-c3ccc(C#N)cc3)n(O)c2-c2cccc(C)n2)c1F. The summed E-state index contributed by atoms with van der Waals surface area (Å²) in [6.45, 7) is 1.83. The molecule has 6 nitrogen and oxygen atoms in total. The lowest BCUT2D eigenvalue weighted by atomic mass is 10.1. The van der Waals surface area contributed by atoms with Gasteiger partial charge < -0.3 is 9.94 Å². The highest BCUT2D eigenvalue weighted by molar-refractivity contribution is 5.81. The van der Waals surface area contributed by atoms with E-state index >= 15 is 4.39 Å². The Morgan fingerprint density at radius 3 is 2.43 bits per heavy atom. The third-order valence-corrected chi connectivity index (χ3v) is 4.70. The monoisotopic (exact) mass is 400 g/mol. The van der Waals surface area contributed by atoms with E-state index in [4.69, 9.17) is 10.00 Å². The molecule has 0 radical (unpaired) electrons. The first kappa shape index (κ1) is 19.2. The number of ether oxygens (including phenoxy) is 1. The van der Waals surface area contributed by atoms with E-state index in [9.17, 15) is 5.21 Å². The van der Waals surface area contributed by atoms with Gasteiger partial charge in [0.2, 0.25) is 0 Å². The van der Waals surface area contributed by atoms with Gasteiger partial charge in [-0.1, -0.05) is 12.1 Å². The van der Waals surface area contributed by atoms with Crippen molar-refractivity contribution >= 4 is 0 Å². The summed E-state index contributed by atoms with van der Waals surface area (Å²) in [7, 11) is 1.39. The van der Waals surface area contributed by atoms with Crippen molar-refractivity contribution in [1.82, 2.24) is 14.7 Å². The summed E-state index contributed by atoms with van der Waals surface area (Å²) in [6, 6.07) is 18.7. The van der Waals surface area contributed by atoms with E-state index in [1.807, 2.05) is 13.0 Å². The van der Waals surface area contributed by atoms with Crippen LogP contribution in [0.5, 0.6) is 5.75 Å². The first-order valence-electron chi connectivity index (χ1n) is 9.13. The molecule has 0 aliphatic carbocycles. The predicted octanol–water partition coefficient (Wildman–Crippen LogP) is 4.84. The van der Waals surface area contributed by atoms with Crippen LogP contribution in [0.2, 0.25) is 0 Å². The van der Waals surface area contributed by atoms with Crippen LogP contribution in [0.15, 0.2) is 60.7 Å². The lowest BCUT2D eigenvalue weighted by Crippen LogP contribution is -2.00. The third-order valence-electron chi connectivity index (χ3n) is 4.70. The van der Waals surface area contributed by atoms with Gasteiger partial charge in [0.15, 0.2) is 17.4 Å². The molecule has 1 N–H and O–H groups in total. The molecule has 0 saturated heterocycles. The maximum atomic E-state index is 15.1. The maximum Gasteiger partial charge on any atom is 0.176 e. The normalized spacial score (nSPS) is 10.6. The van der Waals surface area contributed by atoms with Gasteiger partial charge in [0, 0.05) is 16.8 Å². The van der Waals surface area contributed by atoms with Gasteiger partial charge in [0.05, 0.1) is 24.4 Å². The molecule has 30 heavy (non-hydrogen) atoms. The van der Waals surface area contributed by atoms with E-state index in [0.717, 1.165) is 10.4 Å². The zero-order valence-corrected chi connectivity index (χ0v) is 16.3. The minimum atomic E-state index is -0.585. The number of rotatable bonds is 4. The van der Waals surface area contributed by atoms with Crippen LogP contribution in [0.25, 0.3) is 34.0 Å². The fourth-order valence-corrected chi connectivity index (χ4v) is 3.24. The molecule has 0 aliphatic rings. The molecule has 2 aromatic heterocycles. The number of hydrogen-bond acceptors (Lipinski definition) is 5. The second-order valence-corrected chi connectivity index (χ2v) is 6.62. The zero-order chi connectivity index (χ0) is 21.3. The van der Waals surface area contributed by atoms with Crippen molar-refractivity contribution in [2.45, 2.75) is 6.92 Å². The van der Waals surface area contributed by atoms with Crippen LogP contribution in [0.1, 0.15) is 11.3 Å². The first-order valence-corrected chi connectivity index (χ1v) is 9.13. The lowest BCUT2D eigenvalue weighted by Gasteiger charge is -2.09. The number of benzene rings is 2. The Labute approximate surface area is 172 Å². The van der Waals surface area contributed by atoms with Gasteiger partial charge in [0.1, 0.15) is 11.4 Å². The van der Waals surface area contributed by atoms with Crippen LogP contribution < -0.4 is 4.74 Å². The molecule has 0 fully saturated rings. The maximum absolute atomic E-state index is 15.1. The molecule has 4 rings (SSSR count). The highest BCUT2D eigenvalue weighted by Gasteiger charge is 2.25. The summed E-state index contributed by atoms with van der Waals surface area (Å²) in [5, 5.41) is 20.0. The molecule has 4 aromatic rings. The average Bonchev–Trinajstić information content (AvgIpc) is 3.11. The number of hydrogen-bond donors (Lipinski definition) is 1. The summed E-state index contributed by atoms with van der Waals surface area (Å²) in [6.07, 6.45) is 0. The number of nitrogens with zero attached hydrogens (tertiary/aromatic N) is 4. The molecular weight excluding hydrogens is 383 g/mol. The number of aromatic nitrogens is 3. The van der Waals surface area contributed by atoms with Gasteiger partial charge >= 0.3 is 0 Å². The molecule has 0 atom stereocenters. The predicted molar refractivity (Wildman–Crippen MR) is 109 cm³/mol. The van der Waals surface area contributed by atoms with Crippen LogP contribution >= 0.6 is 0 Å². The van der Waals surface area contributed by atoms with E-state index in [-0.39, 0.29) is 28.5 Å². The molecule has 0 bridgehead atoms. The topological polar surface area (TPSA) is 84.0 Å². The summed E-state index contributed by atoms with van der Waals surface area (Å²) < 4.78 is 21.1. The summed E-state index contributed by atoms with van der Waals surface area (Å²) in [4.78, 5) is 9.02. The van der Waals surface area contributed by atoms with Gasteiger partial charge in [-0.25, -0.2) is 9.37 Å². The number of imidazole rings is 1. The van der Waals surface area contributed by atoms with Crippen LogP contribution in [0.3, 0.4) is 0 Å². The van der Waals surface area contributed by atoms with Crippen molar-refractivity contribution in [1.29, 1.82) is 5.26 Å². The smallest absolute Gasteiger partial charge is 0.176 e. The standard InChI is InChI=1S/C23H17FN4O2/c1-14-5-3-7-18(26-14)22-21(17-6-4-8-19(30-2)20(17)24)27-23(28(22)29)16-11-9-15(13-25)10-12-16/h3-12,29H,1-2H3. The van der Waals surface area contributed by atoms with Gasteiger partial charge in [-0.3, -0.25) is 4.98 Å². The van der Waals surface area contributed by atoms with Crippen molar-refractivity contribution in [3.63, 3.8) is 0 Å². The van der Waals surface area contributed by atoms with Crippen LogP contribution in [-0.2, 0) is 0 Å². The molecular formula is C23H17FN4O2. The van der Waals surface area contributed by atoms with Gasteiger partial charge in [-0.05, 0) is 55.5 Å². The van der Waals surface area contributed by atoms with Crippen LogP contribution in [0.4, 0.5) is 4.39 Å². The Kier molecular flexibility index (Phi) is 4.90. The van der Waals surface area contributed by atoms with Crippen LogP contribution in [-0.4, -0.2) is 27.0 Å². The first-order chi connectivity index (χ1) is 14.5. The number of pyridine rings is 1. The Hall–Kier alpha value is -4.18. The molecule has 0 saturated carbocycles. The molecule has 0 spiro atoms. The summed E-state index contributed by atoms with van der Waals surface area (Å²) in [5.74, 6) is -0.309. The van der Waals surface area contributed by atoms with E-state index in [1.54, 1.807) is 48.5 Å². The second kappa shape index (κ2) is 7.68.